The van der Waals surface area contributed by atoms with Crippen LogP contribution in [0.15, 0.2) is 23.1 Å². The Bertz CT molecular complexity index is 803. The molecule has 0 N–H and O–H groups in total. The van der Waals surface area contributed by atoms with Crippen molar-refractivity contribution in [2.45, 2.75) is 43.5 Å². The predicted octanol–water partition coefficient (Wildman–Crippen LogP) is 3.09. The molecule has 28 heavy (non-hydrogen) atoms. The molecule has 6 nitrogen and oxygen atoms in total. The van der Waals surface area contributed by atoms with Gasteiger partial charge in [0.1, 0.15) is 4.90 Å². The molecule has 0 bridgehead atoms. The van der Waals surface area contributed by atoms with Crippen molar-refractivity contribution in [3.63, 3.8) is 0 Å². The zero-order valence-electron chi connectivity index (χ0n) is 16.1. The van der Waals surface area contributed by atoms with E-state index < -0.39 is 10.0 Å². The Balaban J connectivity index is 1.63. The summed E-state index contributed by atoms with van der Waals surface area (Å²) in [7, 11) is -3.71. The third-order valence-corrected chi connectivity index (χ3v) is 8.22. The number of hydrogen-bond acceptors (Lipinski definition) is 4. The van der Waals surface area contributed by atoms with E-state index in [-0.39, 0.29) is 21.9 Å². The van der Waals surface area contributed by atoms with E-state index >= 15 is 0 Å². The minimum Gasteiger partial charge on any atom is -0.341 e. The van der Waals surface area contributed by atoms with Crippen LogP contribution in [0, 0.1) is 0 Å². The number of carbonyl (C=O) groups is 1. The number of nitrogens with zero attached hydrogens (tertiary/aromatic N) is 3. The van der Waals surface area contributed by atoms with Crippen molar-refractivity contribution in [3.8, 4) is 0 Å². The minimum absolute atomic E-state index is 0.0313. The molecule has 156 valence electrons. The zero-order chi connectivity index (χ0) is 20.3. The summed E-state index contributed by atoms with van der Waals surface area (Å²) in [5.74, 6) is 0.149. The van der Waals surface area contributed by atoms with Gasteiger partial charge in [-0.25, -0.2) is 8.42 Å². The summed E-state index contributed by atoms with van der Waals surface area (Å²) in [4.78, 5) is 16.9. The van der Waals surface area contributed by atoms with Gasteiger partial charge in [-0.15, -0.1) is 0 Å². The molecule has 0 aliphatic carbocycles. The van der Waals surface area contributed by atoms with Crippen LogP contribution in [-0.2, 0) is 14.8 Å². The average molecular weight is 448 g/mol. The topological polar surface area (TPSA) is 60.9 Å². The van der Waals surface area contributed by atoms with Crippen molar-refractivity contribution in [1.82, 2.24) is 14.1 Å². The first-order chi connectivity index (χ1) is 13.3. The first-order valence-electron chi connectivity index (χ1n) is 9.79. The fourth-order valence-electron chi connectivity index (χ4n) is 3.86. The summed E-state index contributed by atoms with van der Waals surface area (Å²) in [6.07, 6.45) is 4.48. The van der Waals surface area contributed by atoms with Gasteiger partial charge in [0.15, 0.2) is 0 Å². The number of piperazine rings is 1. The third-order valence-electron chi connectivity index (χ3n) is 5.61. The predicted molar refractivity (Wildman–Crippen MR) is 111 cm³/mol. The molecule has 1 aromatic carbocycles. The molecule has 9 heteroatoms. The summed E-state index contributed by atoms with van der Waals surface area (Å²) < 4.78 is 27.3. The fourth-order valence-corrected chi connectivity index (χ4v) is 6.02. The van der Waals surface area contributed by atoms with Gasteiger partial charge in [0.05, 0.1) is 11.1 Å². The Morgan fingerprint density at radius 2 is 1.57 bits per heavy atom. The maximum Gasteiger partial charge on any atom is 0.244 e. The van der Waals surface area contributed by atoms with Crippen molar-refractivity contribution >= 4 is 39.1 Å². The Morgan fingerprint density at radius 1 is 0.964 bits per heavy atom. The average Bonchev–Trinajstić information content (AvgIpc) is 2.98. The number of hydrogen-bond donors (Lipinski definition) is 0. The van der Waals surface area contributed by atoms with E-state index in [1.807, 2.05) is 11.8 Å². The van der Waals surface area contributed by atoms with Crippen LogP contribution in [0.4, 0.5) is 0 Å². The Hall–Kier alpha value is -0.860. The van der Waals surface area contributed by atoms with Gasteiger partial charge in [-0.2, -0.15) is 4.31 Å². The highest BCUT2D eigenvalue weighted by Gasteiger charge is 2.34. The number of amides is 1. The van der Waals surface area contributed by atoms with E-state index in [1.165, 1.54) is 29.3 Å². The highest BCUT2D eigenvalue weighted by molar-refractivity contribution is 7.89. The molecule has 1 aromatic rings. The molecule has 3 rings (SSSR count). The maximum atomic E-state index is 12.9. The van der Waals surface area contributed by atoms with E-state index in [0.717, 1.165) is 25.9 Å². The number of sulfonamides is 1. The molecular formula is C19H27Cl2N3O3S. The quantitative estimate of drug-likeness (QED) is 0.711. The number of likely N-dealkylation sites (tertiary alicyclic amines) is 1. The monoisotopic (exact) mass is 447 g/mol. The summed E-state index contributed by atoms with van der Waals surface area (Å²) in [5, 5.41) is 0.495. The van der Waals surface area contributed by atoms with Crippen molar-refractivity contribution in [1.29, 1.82) is 0 Å². The minimum atomic E-state index is -3.71. The van der Waals surface area contributed by atoms with Gasteiger partial charge in [0.25, 0.3) is 0 Å². The number of halogens is 2. The van der Waals surface area contributed by atoms with Gasteiger partial charge < -0.3 is 4.90 Å². The molecule has 2 heterocycles. The van der Waals surface area contributed by atoms with Crippen LogP contribution in [-0.4, -0.2) is 73.7 Å². The second-order valence-electron chi connectivity index (χ2n) is 7.43. The van der Waals surface area contributed by atoms with Crippen LogP contribution in [0.25, 0.3) is 0 Å². The molecule has 2 saturated heterocycles. The maximum absolute atomic E-state index is 12.9. The summed E-state index contributed by atoms with van der Waals surface area (Å²) in [6.45, 7) is 5.24. The number of carbonyl (C=O) groups excluding carboxylic acids is 1. The van der Waals surface area contributed by atoms with Crippen LogP contribution in [0.2, 0.25) is 10.0 Å². The third kappa shape index (κ3) is 4.82. The van der Waals surface area contributed by atoms with Gasteiger partial charge in [-0.3, -0.25) is 9.69 Å². The lowest BCUT2D eigenvalue weighted by Crippen LogP contribution is -2.55. The Labute approximate surface area is 177 Å². The van der Waals surface area contributed by atoms with Gasteiger partial charge in [-0.05, 0) is 38.0 Å². The van der Waals surface area contributed by atoms with Crippen molar-refractivity contribution in [2.24, 2.45) is 0 Å². The highest BCUT2D eigenvalue weighted by atomic mass is 35.5. The highest BCUT2D eigenvalue weighted by Crippen LogP contribution is 2.28. The summed E-state index contributed by atoms with van der Waals surface area (Å²) in [5.41, 5.74) is 0. The molecule has 1 amide bonds. The molecule has 1 unspecified atom stereocenters. The molecule has 0 saturated carbocycles. The molecule has 2 aliphatic heterocycles. The molecular weight excluding hydrogens is 421 g/mol. The lowest BCUT2D eigenvalue weighted by Gasteiger charge is -2.38. The van der Waals surface area contributed by atoms with Crippen LogP contribution < -0.4 is 0 Å². The molecule has 0 radical (unpaired) electrons. The zero-order valence-corrected chi connectivity index (χ0v) is 18.4. The SMILES string of the molecule is CC(C(=O)N1CCCCCC1)N1CCN(S(=O)(=O)c2cc(Cl)ccc2Cl)CC1. The molecule has 0 spiro atoms. The molecule has 0 aromatic heterocycles. The fraction of sp³-hybridized carbons (Fsp3) is 0.632. The summed E-state index contributed by atoms with van der Waals surface area (Å²) >= 11 is 12.0. The lowest BCUT2D eigenvalue weighted by atomic mass is 10.2. The van der Waals surface area contributed by atoms with E-state index in [4.69, 9.17) is 23.2 Å². The van der Waals surface area contributed by atoms with Crippen molar-refractivity contribution < 1.29 is 13.2 Å². The first-order valence-corrected chi connectivity index (χ1v) is 12.0. The smallest absolute Gasteiger partial charge is 0.244 e. The lowest BCUT2D eigenvalue weighted by molar-refractivity contribution is -0.136. The molecule has 1 atom stereocenters. The van der Waals surface area contributed by atoms with Gasteiger partial charge in [0, 0.05) is 44.3 Å². The van der Waals surface area contributed by atoms with Crippen LogP contribution in [0.3, 0.4) is 0 Å². The summed E-state index contributed by atoms with van der Waals surface area (Å²) in [6, 6.07) is 4.21. The standard InChI is InChI=1S/C19H27Cl2N3O3S/c1-15(19(25)23-8-4-2-3-5-9-23)22-10-12-24(13-11-22)28(26,27)18-14-16(20)6-7-17(18)21/h6-7,14-15H,2-5,8-13H2,1H3. The van der Waals surface area contributed by atoms with E-state index in [9.17, 15) is 13.2 Å². The second kappa shape index (κ2) is 9.30. The van der Waals surface area contributed by atoms with E-state index in [0.29, 0.717) is 31.2 Å². The van der Waals surface area contributed by atoms with Gasteiger partial charge in [-0.1, -0.05) is 36.0 Å². The van der Waals surface area contributed by atoms with Crippen LogP contribution >= 0.6 is 23.2 Å². The first kappa shape index (κ1) is 21.8. The van der Waals surface area contributed by atoms with E-state index in [1.54, 1.807) is 6.07 Å². The Morgan fingerprint density at radius 3 is 2.18 bits per heavy atom. The second-order valence-corrected chi connectivity index (χ2v) is 10.2. The largest absolute Gasteiger partial charge is 0.341 e. The van der Waals surface area contributed by atoms with Crippen molar-refractivity contribution in [2.75, 3.05) is 39.3 Å². The number of benzene rings is 1. The van der Waals surface area contributed by atoms with Crippen molar-refractivity contribution in [3.05, 3.63) is 28.2 Å². The molecule has 2 aliphatic rings. The normalized spacial score (nSPS) is 21.3. The van der Waals surface area contributed by atoms with Gasteiger partial charge in [0.2, 0.25) is 15.9 Å². The molecule has 2 fully saturated rings. The number of rotatable bonds is 4. The van der Waals surface area contributed by atoms with Crippen LogP contribution in [0.5, 0.6) is 0 Å². The van der Waals surface area contributed by atoms with Gasteiger partial charge >= 0.3 is 0 Å². The Kier molecular flexibility index (Phi) is 7.26. The van der Waals surface area contributed by atoms with E-state index in [2.05, 4.69) is 4.90 Å². The van der Waals surface area contributed by atoms with Crippen LogP contribution in [0.1, 0.15) is 32.6 Å².